The van der Waals surface area contributed by atoms with Gasteiger partial charge >= 0.3 is 5.97 Å². The Morgan fingerprint density at radius 1 is 1.56 bits per heavy atom. The van der Waals surface area contributed by atoms with E-state index in [2.05, 4.69) is 8.75 Å². The molecule has 0 saturated carbocycles. The number of nitrogens with zero attached hydrogens (tertiary/aromatic N) is 3. The minimum atomic E-state index is -1.12. The molecule has 1 aliphatic heterocycles. The predicted octanol–water partition coefficient (Wildman–Crippen LogP) is -0.802. The standard InChI is InChI=1S/C8H9N3O4S/c12-4-1-6(8(14)15)11(3-4)7(13)5-2-9-16-10-5/h2,4,6,12H,1,3H2,(H,14,15). The topological polar surface area (TPSA) is 104 Å². The molecule has 0 aromatic carbocycles. The van der Waals surface area contributed by atoms with E-state index in [0.29, 0.717) is 0 Å². The highest BCUT2D eigenvalue weighted by molar-refractivity contribution is 6.99. The zero-order chi connectivity index (χ0) is 11.7. The van der Waals surface area contributed by atoms with Gasteiger partial charge in [0.2, 0.25) is 0 Å². The fourth-order valence-electron chi connectivity index (χ4n) is 1.68. The second-order valence-electron chi connectivity index (χ2n) is 3.49. The maximum absolute atomic E-state index is 11.8. The van der Waals surface area contributed by atoms with Crippen molar-refractivity contribution in [2.75, 3.05) is 6.54 Å². The van der Waals surface area contributed by atoms with E-state index < -0.39 is 24.0 Å². The van der Waals surface area contributed by atoms with Crippen molar-refractivity contribution in [3.63, 3.8) is 0 Å². The molecule has 7 nitrogen and oxygen atoms in total. The Labute approximate surface area is 94.6 Å². The van der Waals surface area contributed by atoms with Crippen LogP contribution >= 0.6 is 11.7 Å². The Kier molecular flexibility index (Phi) is 2.84. The molecule has 0 spiro atoms. The highest BCUT2D eigenvalue weighted by Gasteiger charge is 2.39. The van der Waals surface area contributed by atoms with Gasteiger partial charge in [-0.3, -0.25) is 4.79 Å². The molecular weight excluding hydrogens is 234 g/mol. The van der Waals surface area contributed by atoms with Crippen molar-refractivity contribution in [1.29, 1.82) is 0 Å². The van der Waals surface area contributed by atoms with Crippen molar-refractivity contribution in [1.82, 2.24) is 13.6 Å². The third-order valence-corrected chi connectivity index (χ3v) is 2.88. The highest BCUT2D eigenvalue weighted by atomic mass is 32.1. The SMILES string of the molecule is O=C(O)C1CC(O)CN1C(=O)c1cnsn1. The van der Waals surface area contributed by atoms with Gasteiger partial charge in [0, 0.05) is 13.0 Å². The van der Waals surface area contributed by atoms with Crippen LogP contribution < -0.4 is 0 Å². The van der Waals surface area contributed by atoms with E-state index in [1.165, 1.54) is 6.20 Å². The lowest BCUT2D eigenvalue weighted by Gasteiger charge is -2.19. The minimum Gasteiger partial charge on any atom is -0.480 e. The van der Waals surface area contributed by atoms with Crippen molar-refractivity contribution < 1.29 is 19.8 Å². The van der Waals surface area contributed by atoms with Crippen molar-refractivity contribution in [3.05, 3.63) is 11.9 Å². The number of amides is 1. The number of carboxylic acids is 1. The van der Waals surface area contributed by atoms with Gasteiger partial charge in [0.1, 0.15) is 6.04 Å². The largest absolute Gasteiger partial charge is 0.480 e. The van der Waals surface area contributed by atoms with Crippen LogP contribution in [0.2, 0.25) is 0 Å². The summed E-state index contributed by atoms with van der Waals surface area (Å²) in [4.78, 5) is 23.8. The number of carboxylic acid groups (broad SMARTS) is 1. The smallest absolute Gasteiger partial charge is 0.326 e. The van der Waals surface area contributed by atoms with Gasteiger partial charge in [-0.15, -0.1) is 0 Å². The van der Waals surface area contributed by atoms with E-state index >= 15 is 0 Å². The third-order valence-electron chi connectivity index (χ3n) is 2.41. The van der Waals surface area contributed by atoms with Crippen molar-refractivity contribution >= 4 is 23.6 Å². The molecule has 2 atom stereocenters. The first-order chi connectivity index (χ1) is 7.59. The molecule has 8 heteroatoms. The highest BCUT2D eigenvalue weighted by Crippen LogP contribution is 2.20. The maximum atomic E-state index is 11.8. The maximum Gasteiger partial charge on any atom is 0.326 e. The van der Waals surface area contributed by atoms with Gasteiger partial charge in [0.25, 0.3) is 5.91 Å². The number of hydrogen-bond donors (Lipinski definition) is 2. The molecule has 86 valence electrons. The molecule has 2 heterocycles. The second-order valence-corrected chi connectivity index (χ2v) is 4.05. The normalized spacial score (nSPS) is 24.7. The fourth-order valence-corrected chi connectivity index (χ4v) is 2.09. The predicted molar refractivity (Wildman–Crippen MR) is 53.0 cm³/mol. The van der Waals surface area contributed by atoms with E-state index in [1.54, 1.807) is 0 Å². The van der Waals surface area contributed by atoms with Crippen LogP contribution in [0.15, 0.2) is 6.20 Å². The monoisotopic (exact) mass is 243 g/mol. The molecule has 2 N–H and O–H groups in total. The number of hydrogen-bond acceptors (Lipinski definition) is 6. The third kappa shape index (κ3) is 1.89. The summed E-state index contributed by atoms with van der Waals surface area (Å²) in [6.45, 7) is 0.0212. The van der Waals surface area contributed by atoms with E-state index in [4.69, 9.17) is 5.11 Å². The molecule has 2 rings (SSSR count). The lowest BCUT2D eigenvalue weighted by Crippen LogP contribution is -2.40. The first-order valence-electron chi connectivity index (χ1n) is 4.59. The van der Waals surface area contributed by atoms with Crippen LogP contribution in [0.4, 0.5) is 0 Å². The number of rotatable bonds is 2. The molecule has 0 radical (unpaired) electrons. The molecule has 1 fully saturated rings. The fraction of sp³-hybridized carbons (Fsp3) is 0.500. The average molecular weight is 243 g/mol. The van der Waals surface area contributed by atoms with Gasteiger partial charge in [0.05, 0.1) is 24.0 Å². The van der Waals surface area contributed by atoms with E-state index in [-0.39, 0.29) is 18.7 Å². The Hall–Kier alpha value is -1.54. The summed E-state index contributed by atoms with van der Waals surface area (Å²) >= 11 is 0.880. The van der Waals surface area contributed by atoms with Crippen LogP contribution in [-0.4, -0.2) is 54.4 Å². The Balaban J connectivity index is 2.20. The molecule has 1 saturated heterocycles. The van der Waals surface area contributed by atoms with Gasteiger partial charge in [0.15, 0.2) is 5.69 Å². The number of β-amino-alcohol motifs (C(OH)–C–C–N with tert-alkyl or cyclic N) is 1. The lowest BCUT2D eigenvalue weighted by atomic mass is 10.2. The Morgan fingerprint density at radius 2 is 2.31 bits per heavy atom. The minimum absolute atomic E-state index is 0.0212. The lowest BCUT2D eigenvalue weighted by molar-refractivity contribution is -0.141. The molecule has 1 aromatic rings. The van der Waals surface area contributed by atoms with Crippen LogP contribution in [0, 0.1) is 0 Å². The van der Waals surface area contributed by atoms with Crippen molar-refractivity contribution in [3.8, 4) is 0 Å². The van der Waals surface area contributed by atoms with Gasteiger partial charge in [-0.05, 0) is 0 Å². The van der Waals surface area contributed by atoms with Crippen LogP contribution in [0.25, 0.3) is 0 Å². The van der Waals surface area contributed by atoms with Crippen LogP contribution in [-0.2, 0) is 4.79 Å². The molecular formula is C8H9N3O4S. The van der Waals surface area contributed by atoms with E-state index in [1.807, 2.05) is 0 Å². The molecule has 2 unspecified atom stereocenters. The average Bonchev–Trinajstić information content (AvgIpc) is 2.84. The molecule has 16 heavy (non-hydrogen) atoms. The van der Waals surface area contributed by atoms with Crippen LogP contribution in [0.3, 0.4) is 0 Å². The molecule has 1 aromatic heterocycles. The summed E-state index contributed by atoms with van der Waals surface area (Å²) in [7, 11) is 0. The zero-order valence-corrected chi connectivity index (χ0v) is 8.92. The molecule has 0 aliphatic carbocycles. The second kappa shape index (κ2) is 4.14. The first kappa shape index (κ1) is 11.0. The summed E-state index contributed by atoms with van der Waals surface area (Å²) in [6.07, 6.45) is 0.548. The van der Waals surface area contributed by atoms with E-state index in [0.717, 1.165) is 16.6 Å². The van der Waals surface area contributed by atoms with Crippen LogP contribution in [0.5, 0.6) is 0 Å². The van der Waals surface area contributed by atoms with Crippen LogP contribution in [0.1, 0.15) is 16.9 Å². The summed E-state index contributed by atoms with van der Waals surface area (Å²) in [5, 5.41) is 18.3. The van der Waals surface area contributed by atoms with Crippen molar-refractivity contribution in [2.45, 2.75) is 18.6 Å². The van der Waals surface area contributed by atoms with Gasteiger partial charge in [-0.25, -0.2) is 4.79 Å². The molecule has 1 aliphatic rings. The van der Waals surface area contributed by atoms with Gasteiger partial charge in [-0.2, -0.15) is 8.75 Å². The number of likely N-dealkylation sites (tertiary alicyclic amines) is 1. The number of aromatic nitrogens is 2. The zero-order valence-electron chi connectivity index (χ0n) is 8.11. The van der Waals surface area contributed by atoms with Crippen molar-refractivity contribution in [2.24, 2.45) is 0 Å². The quantitative estimate of drug-likeness (QED) is 0.704. The first-order valence-corrected chi connectivity index (χ1v) is 5.32. The van der Waals surface area contributed by atoms with E-state index in [9.17, 15) is 14.7 Å². The Bertz CT molecular complexity index is 407. The number of aliphatic hydroxyl groups is 1. The van der Waals surface area contributed by atoms with Gasteiger partial charge in [-0.1, -0.05) is 0 Å². The molecule has 1 amide bonds. The molecule has 0 bridgehead atoms. The number of aliphatic hydroxyl groups excluding tert-OH is 1. The number of carbonyl (C=O) groups is 2. The number of aliphatic carboxylic acids is 1. The summed E-state index contributed by atoms with van der Waals surface area (Å²) in [6, 6.07) is -0.982. The Morgan fingerprint density at radius 3 is 2.88 bits per heavy atom. The summed E-state index contributed by atoms with van der Waals surface area (Å²) < 4.78 is 7.42. The summed E-state index contributed by atoms with van der Waals surface area (Å²) in [5.41, 5.74) is 0.116. The summed E-state index contributed by atoms with van der Waals surface area (Å²) in [5.74, 6) is -1.62. The number of carbonyl (C=O) groups excluding carboxylic acids is 1. The van der Waals surface area contributed by atoms with Gasteiger partial charge < -0.3 is 15.1 Å².